The summed E-state index contributed by atoms with van der Waals surface area (Å²) < 4.78 is 5.82. The molecule has 0 fully saturated rings. The van der Waals surface area contributed by atoms with Crippen molar-refractivity contribution in [2.24, 2.45) is 4.99 Å². The molecule has 3 aromatic rings. The average Bonchev–Trinajstić information content (AvgIpc) is 3.26. The van der Waals surface area contributed by atoms with E-state index in [0.29, 0.717) is 27.6 Å². The van der Waals surface area contributed by atoms with Crippen LogP contribution in [0, 0.1) is 5.41 Å². The van der Waals surface area contributed by atoms with Gasteiger partial charge in [-0.05, 0) is 41.5 Å². The highest BCUT2D eigenvalue weighted by molar-refractivity contribution is 8.17. The van der Waals surface area contributed by atoms with Gasteiger partial charge in [0.15, 0.2) is 5.17 Å². The van der Waals surface area contributed by atoms with E-state index >= 15 is 0 Å². The Morgan fingerprint density at radius 3 is 2.53 bits per heavy atom. The number of carbonyl (C=O) groups is 1. The van der Waals surface area contributed by atoms with Gasteiger partial charge in [0.05, 0.1) is 11.3 Å². The zero-order valence-electron chi connectivity index (χ0n) is 17.7. The zero-order chi connectivity index (χ0) is 23.7. The smallest absolute Gasteiger partial charge is 0.283 e. The van der Waals surface area contributed by atoms with Crippen LogP contribution in [0.3, 0.4) is 0 Å². The fourth-order valence-corrected chi connectivity index (χ4v) is 4.89. The predicted molar refractivity (Wildman–Crippen MR) is 139 cm³/mol. The number of nitrogens with one attached hydrogen (secondary N) is 1. The number of hydrogen-bond acceptors (Lipinski definition) is 4. The van der Waals surface area contributed by atoms with Gasteiger partial charge in [0.2, 0.25) is 0 Å². The molecular formula is C26H17Cl2N3O2S. The molecule has 3 aromatic carbocycles. The fourth-order valence-electron chi connectivity index (χ4n) is 3.54. The van der Waals surface area contributed by atoms with Gasteiger partial charge in [-0.3, -0.25) is 15.1 Å². The van der Waals surface area contributed by atoms with Gasteiger partial charge >= 0.3 is 0 Å². The summed E-state index contributed by atoms with van der Waals surface area (Å²) in [7, 11) is 0. The first-order valence-corrected chi connectivity index (χ1v) is 12.0. The number of nitrogens with zero attached hydrogens (tertiary/aromatic N) is 2. The van der Waals surface area contributed by atoms with Crippen LogP contribution < -0.4 is 4.74 Å². The molecule has 0 saturated heterocycles. The first-order chi connectivity index (χ1) is 16.5. The van der Waals surface area contributed by atoms with Crippen molar-refractivity contribution in [2.75, 3.05) is 0 Å². The van der Waals surface area contributed by atoms with E-state index in [1.807, 2.05) is 66.1 Å². The Labute approximate surface area is 210 Å². The molecular weight excluding hydrogens is 489 g/mol. The fraction of sp³-hybridized carbons (Fsp3) is 0.0385. The van der Waals surface area contributed by atoms with E-state index in [1.54, 1.807) is 23.1 Å². The number of ether oxygens (including phenoxy) is 1. The second kappa shape index (κ2) is 9.50. The van der Waals surface area contributed by atoms with Crippen molar-refractivity contribution < 1.29 is 9.53 Å². The molecule has 0 bridgehead atoms. The van der Waals surface area contributed by atoms with Crippen LogP contribution in [-0.4, -0.2) is 21.8 Å². The van der Waals surface area contributed by atoms with Crippen LogP contribution in [0.15, 0.2) is 88.8 Å². The highest BCUT2D eigenvalue weighted by Gasteiger charge is 2.36. The molecule has 8 heteroatoms. The van der Waals surface area contributed by atoms with E-state index in [4.69, 9.17) is 33.3 Å². The number of rotatable bonds is 5. The van der Waals surface area contributed by atoms with E-state index in [9.17, 15) is 4.79 Å². The van der Waals surface area contributed by atoms with Crippen LogP contribution in [0.25, 0.3) is 11.8 Å². The molecule has 0 atom stereocenters. The van der Waals surface area contributed by atoms with Crippen molar-refractivity contribution in [2.45, 2.75) is 6.61 Å². The predicted octanol–water partition coefficient (Wildman–Crippen LogP) is 6.88. The van der Waals surface area contributed by atoms with Crippen LogP contribution in [0.5, 0.6) is 5.75 Å². The maximum Gasteiger partial charge on any atom is 0.283 e. The minimum absolute atomic E-state index is 0.104. The number of benzene rings is 3. The van der Waals surface area contributed by atoms with Crippen molar-refractivity contribution in [3.8, 4) is 5.75 Å². The number of fused-ring (bicyclic) bond motifs is 1. The van der Waals surface area contributed by atoms with Crippen LogP contribution in [-0.2, 0) is 11.4 Å². The molecule has 5 rings (SSSR count). The highest BCUT2D eigenvalue weighted by atomic mass is 35.5. The average molecular weight is 506 g/mol. The first kappa shape index (κ1) is 22.5. The monoisotopic (exact) mass is 505 g/mol. The topological polar surface area (TPSA) is 65.8 Å². The largest absolute Gasteiger partial charge is 0.489 e. The Morgan fingerprint density at radius 1 is 1.03 bits per heavy atom. The maximum absolute atomic E-state index is 12.7. The highest BCUT2D eigenvalue weighted by Crippen LogP contribution is 2.37. The molecule has 5 nitrogen and oxygen atoms in total. The second-order valence-corrected chi connectivity index (χ2v) is 9.20. The third-order valence-corrected chi connectivity index (χ3v) is 6.70. The number of thioether (sulfide) groups is 1. The number of aliphatic imine (C=N–C) groups is 1. The van der Waals surface area contributed by atoms with E-state index in [0.717, 1.165) is 22.4 Å². The molecule has 2 heterocycles. The van der Waals surface area contributed by atoms with Gasteiger partial charge in [-0.2, -0.15) is 4.99 Å². The van der Waals surface area contributed by atoms with Gasteiger partial charge < -0.3 is 4.74 Å². The van der Waals surface area contributed by atoms with Crippen LogP contribution in [0.1, 0.15) is 16.7 Å². The minimum Gasteiger partial charge on any atom is -0.489 e. The molecule has 0 aromatic heterocycles. The molecule has 2 aliphatic rings. The Hall–Kier alpha value is -3.32. The molecule has 0 saturated carbocycles. The van der Waals surface area contributed by atoms with Crippen molar-refractivity contribution >= 4 is 63.6 Å². The summed E-state index contributed by atoms with van der Waals surface area (Å²) in [5.74, 6) is 0.334. The third-order valence-electron chi connectivity index (χ3n) is 5.28. The van der Waals surface area contributed by atoms with Gasteiger partial charge in [0.25, 0.3) is 5.91 Å². The normalized spacial score (nSPS) is 16.4. The summed E-state index contributed by atoms with van der Waals surface area (Å²) in [6, 6.07) is 22.3. The maximum atomic E-state index is 12.7. The Morgan fingerprint density at radius 2 is 1.79 bits per heavy atom. The van der Waals surface area contributed by atoms with Crippen LogP contribution >= 0.6 is 35.0 Å². The number of amides is 1. The molecule has 1 amide bonds. The first-order valence-electron chi connectivity index (χ1n) is 10.3. The molecule has 0 aliphatic carbocycles. The lowest BCUT2D eigenvalue weighted by atomic mass is 10.1. The van der Waals surface area contributed by atoms with Crippen molar-refractivity contribution in [3.63, 3.8) is 0 Å². The van der Waals surface area contributed by atoms with Crippen LogP contribution in [0.4, 0.5) is 0 Å². The third kappa shape index (κ3) is 4.53. The SMILES string of the molecule is N=C1/C(=C/c2ccc(OCc3ccc(Cl)cc3Cl)cc2)C(=O)N=C2SC=C(c3ccccc3)N12. The number of amidine groups is 2. The number of hydrogen-bond donors (Lipinski definition) is 1. The van der Waals surface area contributed by atoms with Gasteiger partial charge in [0.1, 0.15) is 18.2 Å². The number of carbonyl (C=O) groups excluding carboxylic acids is 1. The molecule has 34 heavy (non-hydrogen) atoms. The number of halogens is 2. The Balaban J connectivity index is 1.33. The molecule has 1 N–H and O–H groups in total. The zero-order valence-corrected chi connectivity index (χ0v) is 20.0. The molecule has 0 spiro atoms. The standard InChI is InChI=1S/C26H17Cl2N3O2S/c27-19-9-8-18(22(28)13-19)14-33-20-10-6-16(7-11-20)12-21-24(29)31-23(17-4-2-1-3-5-17)15-34-26(31)30-25(21)32/h1-13,15,29H,14H2/b21-12-,29-24?. The van der Waals surface area contributed by atoms with Crippen molar-refractivity contribution in [1.82, 2.24) is 4.90 Å². The van der Waals surface area contributed by atoms with Crippen molar-refractivity contribution in [3.05, 3.63) is 111 Å². The van der Waals surface area contributed by atoms with E-state index in [-0.39, 0.29) is 11.4 Å². The van der Waals surface area contributed by atoms with Gasteiger partial charge in [-0.15, -0.1) is 0 Å². The van der Waals surface area contributed by atoms with E-state index < -0.39 is 5.91 Å². The summed E-state index contributed by atoms with van der Waals surface area (Å²) in [5, 5.41) is 12.3. The lowest BCUT2D eigenvalue weighted by Crippen LogP contribution is -2.37. The van der Waals surface area contributed by atoms with Gasteiger partial charge in [-0.25, -0.2) is 0 Å². The Bertz CT molecular complexity index is 1380. The molecule has 0 unspecified atom stereocenters. The molecule has 2 aliphatic heterocycles. The summed E-state index contributed by atoms with van der Waals surface area (Å²) in [6.45, 7) is 0.304. The summed E-state index contributed by atoms with van der Waals surface area (Å²) in [6.07, 6.45) is 1.68. The van der Waals surface area contributed by atoms with Gasteiger partial charge in [-0.1, -0.05) is 83.5 Å². The quantitative estimate of drug-likeness (QED) is 0.384. The van der Waals surface area contributed by atoms with Gasteiger partial charge in [0, 0.05) is 21.0 Å². The van der Waals surface area contributed by atoms with Crippen LogP contribution in [0.2, 0.25) is 10.0 Å². The second-order valence-electron chi connectivity index (χ2n) is 7.52. The van der Waals surface area contributed by atoms with E-state index in [2.05, 4.69) is 4.99 Å². The minimum atomic E-state index is -0.427. The summed E-state index contributed by atoms with van der Waals surface area (Å²) in [5.41, 5.74) is 3.62. The lowest BCUT2D eigenvalue weighted by molar-refractivity contribution is -0.114. The summed E-state index contributed by atoms with van der Waals surface area (Å²) in [4.78, 5) is 18.6. The van der Waals surface area contributed by atoms with Crippen molar-refractivity contribution in [1.29, 1.82) is 5.41 Å². The molecule has 0 radical (unpaired) electrons. The summed E-state index contributed by atoms with van der Waals surface area (Å²) >= 11 is 13.5. The Kier molecular flexibility index (Phi) is 6.28. The lowest BCUT2D eigenvalue weighted by Gasteiger charge is -2.26. The van der Waals surface area contributed by atoms with E-state index in [1.165, 1.54) is 11.8 Å². The molecule has 168 valence electrons.